The number of aromatic hydroxyl groups is 2. The van der Waals surface area contributed by atoms with Gasteiger partial charge in [0.2, 0.25) is 0 Å². The Bertz CT molecular complexity index is 729. The molecule has 0 bridgehead atoms. The zero-order chi connectivity index (χ0) is 18.6. The monoisotopic (exact) mass is 340 g/mol. The van der Waals surface area contributed by atoms with Crippen LogP contribution in [0.2, 0.25) is 0 Å². The number of rotatable bonds is 7. The summed E-state index contributed by atoms with van der Waals surface area (Å²) in [5, 5.41) is 21.1. The van der Waals surface area contributed by atoms with E-state index >= 15 is 0 Å². The van der Waals surface area contributed by atoms with Gasteiger partial charge in [-0.1, -0.05) is 47.5 Å². The van der Waals surface area contributed by atoms with Crippen LogP contribution in [0.25, 0.3) is 11.1 Å². The lowest BCUT2D eigenvalue weighted by Gasteiger charge is -2.17. The predicted molar refractivity (Wildman–Crippen MR) is 107 cm³/mol. The van der Waals surface area contributed by atoms with Crippen LogP contribution >= 0.6 is 0 Å². The molecule has 0 aliphatic carbocycles. The van der Waals surface area contributed by atoms with E-state index in [9.17, 15) is 10.2 Å². The molecule has 0 amide bonds. The van der Waals surface area contributed by atoms with Crippen molar-refractivity contribution in [2.75, 3.05) is 0 Å². The molecule has 2 N–H and O–H groups in total. The Kier molecular flexibility index (Phi) is 6.52. The second-order valence-electron chi connectivity index (χ2n) is 7.22. The third-order valence-electron chi connectivity index (χ3n) is 4.86. The Morgan fingerprint density at radius 1 is 0.720 bits per heavy atom. The van der Waals surface area contributed by atoms with Crippen LogP contribution < -0.4 is 0 Å². The quantitative estimate of drug-likeness (QED) is 0.616. The smallest absolute Gasteiger partial charge is 0.122 e. The number of phenols is 2. The van der Waals surface area contributed by atoms with Gasteiger partial charge in [0, 0.05) is 0 Å². The molecule has 0 radical (unpaired) electrons. The summed E-state index contributed by atoms with van der Waals surface area (Å²) < 4.78 is 0. The van der Waals surface area contributed by atoms with Gasteiger partial charge in [0.15, 0.2) is 0 Å². The van der Waals surface area contributed by atoms with E-state index in [1.807, 2.05) is 0 Å². The molecule has 0 spiro atoms. The molecule has 2 rings (SSSR count). The topological polar surface area (TPSA) is 40.5 Å². The summed E-state index contributed by atoms with van der Waals surface area (Å²) in [6.45, 7) is 10.6. The molecule has 25 heavy (non-hydrogen) atoms. The number of hydrogen-bond donors (Lipinski definition) is 2. The van der Waals surface area contributed by atoms with E-state index in [0.717, 1.165) is 65.5 Å². The van der Waals surface area contributed by atoms with E-state index in [2.05, 4.69) is 58.9 Å². The normalized spacial score (nSPS) is 11.3. The zero-order valence-electron chi connectivity index (χ0n) is 16.3. The minimum absolute atomic E-state index is 0.272. The molecule has 0 aromatic heterocycles. The van der Waals surface area contributed by atoms with Crippen molar-refractivity contribution >= 4 is 0 Å². The molecular formula is C23H32O2. The van der Waals surface area contributed by atoms with Crippen LogP contribution in [-0.2, 0) is 19.3 Å². The molecule has 0 atom stereocenters. The van der Waals surface area contributed by atoms with Crippen molar-refractivity contribution in [3.05, 3.63) is 46.5 Å². The molecule has 0 aliphatic rings. The van der Waals surface area contributed by atoms with E-state index in [-0.39, 0.29) is 5.92 Å². The fourth-order valence-corrected chi connectivity index (χ4v) is 3.44. The molecule has 0 heterocycles. The predicted octanol–water partition coefficient (Wildman–Crippen LogP) is 6.36. The van der Waals surface area contributed by atoms with Gasteiger partial charge in [-0.25, -0.2) is 0 Å². The first-order chi connectivity index (χ1) is 11.9. The fourth-order valence-electron chi connectivity index (χ4n) is 3.44. The molecule has 2 nitrogen and oxygen atoms in total. The fraction of sp³-hybridized carbons (Fsp3) is 0.478. The summed E-state index contributed by atoms with van der Waals surface area (Å²) in [5.74, 6) is 1.17. The Hall–Kier alpha value is -1.96. The van der Waals surface area contributed by atoms with Gasteiger partial charge in [-0.05, 0) is 82.8 Å². The van der Waals surface area contributed by atoms with Crippen LogP contribution in [-0.4, -0.2) is 10.2 Å². The number of benzene rings is 2. The highest BCUT2D eigenvalue weighted by Gasteiger charge is 2.15. The minimum atomic E-state index is 0.272. The van der Waals surface area contributed by atoms with Crippen molar-refractivity contribution in [2.24, 2.45) is 0 Å². The highest BCUT2D eigenvalue weighted by Crippen LogP contribution is 2.37. The summed E-state index contributed by atoms with van der Waals surface area (Å²) in [5.41, 5.74) is 6.32. The highest BCUT2D eigenvalue weighted by atomic mass is 16.3. The van der Waals surface area contributed by atoms with E-state index in [0.29, 0.717) is 11.5 Å². The second-order valence-corrected chi connectivity index (χ2v) is 7.22. The largest absolute Gasteiger partial charge is 0.507 e. The van der Waals surface area contributed by atoms with Gasteiger partial charge in [0.25, 0.3) is 0 Å². The maximum atomic E-state index is 10.6. The summed E-state index contributed by atoms with van der Waals surface area (Å²) in [4.78, 5) is 0. The maximum absolute atomic E-state index is 10.6. The lowest BCUT2D eigenvalue weighted by atomic mass is 9.90. The Labute approximate surface area is 152 Å². The number of hydrogen-bond acceptors (Lipinski definition) is 2. The standard InChI is InChI=1S/C23H32O2/c1-6-9-17-12-19(11-16(8-3)22(17)24)20-13-18(10-7-2)23(25)21(14-20)15(4)5/h11-15,24-25H,6-10H2,1-5H3. The highest BCUT2D eigenvalue weighted by molar-refractivity contribution is 5.71. The van der Waals surface area contributed by atoms with E-state index in [4.69, 9.17) is 0 Å². The van der Waals surface area contributed by atoms with Gasteiger partial charge < -0.3 is 10.2 Å². The van der Waals surface area contributed by atoms with Gasteiger partial charge in [0.05, 0.1) is 0 Å². The first-order valence-electron chi connectivity index (χ1n) is 9.63. The van der Waals surface area contributed by atoms with Gasteiger partial charge in [0.1, 0.15) is 11.5 Å². The lowest BCUT2D eigenvalue weighted by Crippen LogP contribution is -1.97. The molecule has 2 heteroatoms. The first kappa shape index (κ1) is 19.4. The maximum Gasteiger partial charge on any atom is 0.122 e. The van der Waals surface area contributed by atoms with E-state index in [1.54, 1.807) is 0 Å². The van der Waals surface area contributed by atoms with Crippen molar-refractivity contribution in [2.45, 2.75) is 72.6 Å². The van der Waals surface area contributed by atoms with Gasteiger partial charge in [-0.2, -0.15) is 0 Å². The van der Waals surface area contributed by atoms with Gasteiger partial charge in [-0.3, -0.25) is 0 Å². The average Bonchev–Trinajstić information content (AvgIpc) is 2.58. The Morgan fingerprint density at radius 3 is 1.68 bits per heavy atom. The molecule has 2 aromatic carbocycles. The van der Waals surface area contributed by atoms with Crippen LogP contribution in [0.15, 0.2) is 24.3 Å². The molecule has 0 saturated heterocycles. The summed E-state index contributed by atoms with van der Waals surface area (Å²) in [6, 6.07) is 8.44. The summed E-state index contributed by atoms with van der Waals surface area (Å²) >= 11 is 0. The van der Waals surface area contributed by atoms with Crippen molar-refractivity contribution in [1.29, 1.82) is 0 Å². The molecular weight excluding hydrogens is 308 g/mol. The third kappa shape index (κ3) is 4.18. The SMILES string of the molecule is CCCc1cc(-c2cc(CCC)c(O)c(C(C)C)c2)cc(CC)c1O. The Morgan fingerprint density at radius 2 is 1.20 bits per heavy atom. The molecule has 0 aliphatic heterocycles. The molecule has 2 aromatic rings. The molecule has 0 unspecified atom stereocenters. The molecule has 0 saturated carbocycles. The Balaban J connectivity index is 2.66. The van der Waals surface area contributed by atoms with Crippen LogP contribution in [0, 0.1) is 0 Å². The molecule has 136 valence electrons. The zero-order valence-corrected chi connectivity index (χ0v) is 16.3. The van der Waals surface area contributed by atoms with Crippen molar-refractivity contribution < 1.29 is 10.2 Å². The number of aryl methyl sites for hydroxylation is 3. The molecule has 0 fully saturated rings. The van der Waals surface area contributed by atoms with Crippen molar-refractivity contribution in [1.82, 2.24) is 0 Å². The third-order valence-corrected chi connectivity index (χ3v) is 4.86. The van der Waals surface area contributed by atoms with E-state index < -0.39 is 0 Å². The van der Waals surface area contributed by atoms with Gasteiger partial charge in [-0.15, -0.1) is 0 Å². The number of phenolic OH excluding ortho intramolecular Hbond substituents is 2. The lowest BCUT2D eigenvalue weighted by molar-refractivity contribution is 0.457. The van der Waals surface area contributed by atoms with Crippen LogP contribution in [0.1, 0.15) is 75.6 Å². The van der Waals surface area contributed by atoms with Crippen molar-refractivity contribution in [3.8, 4) is 22.6 Å². The van der Waals surface area contributed by atoms with Crippen molar-refractivity contribution in [3.63, 3.8) is 0 Å². The van der Waals surface area contributed by atoms with E-state index in [1.165, 1.54) is 0 Å². The second kappa shape index (κ2) is 8.42. The summed E-state index contributed by atoms with van der Waals surface area (Å²) in [6.07, 6.45) is 4.58. The van der Waals surface area contributed by atoms with Crippen LogP contribution in [0.5, 0.6) is 11.5 Å². The van der Waals surface area contributed by atoms with Crippen LogP contribution in [0.3, 0.4) is 0 Å². The minimum Gasteiger partial charge on any atom is -0.507 e. The summed E-state index contributed by atoms with van der Waals surface area (Å²) in [7, 11) is 0. The van der Waals surface area contributed by atoms with Crippen LogP contribution in [0.4, 0.5) is 0 Å². The average molecular weight is 341 g/mol. The van der Waals surface area contributed by atoms with Gasteiger partial charge >= 0.3 is 0 Å². The first-order valence-corrected chi connectivity index (χ1v) is 9.63.